The number of hydrogen-bond donors (Lipinski definition) is 2. The number of hydrogen-bond acceptors (Lipinski definition) is 5. The maximum absolute atomic E-state index is 14.6. The fourth-order valence-corrected chi connectivity index (χ4v) is 3.07. The van der Waals surface area contributed by atoms with E-state index in [9.17, 15) is 4.39 Å². The zero-order valence-electron chi connectivity index (χ0n) is 16.6. The molecule has 1 aliphatic rings. The number of anilines is 1. The number of methoxy groups -OCH3 is 1. The Labute approximate surface area is 175 Å². The van der Waals surface area contributed by atoms with Crippen molar-refractivity contribution in [2.24, 2.45) is 5.10 Å². The van der Waals surface area contributed by atoms with Crippen molar-refractivity contribution < 1.29 is 13.9 Å². The fraction of sp³-hybridized carbons (Fsp3) is 0.333. The molecule has 1 fully saturated rings. The van der Waals surface area contributed by atoms with E-state index >= 15 is 0 Å². The van der Waals surface area contributed by atoms with Gasteiger partial charge in [-0.1, -0.05) is 18.2 Å². The monoisotopic (exact) mass is 416 g/mol. The Morgan fingerprint density at radius 3 is 2.59 bits per heavy atom. The van der Waals surface area contributed by atoms with Gasteiger partial charge in [0.2, 0.25) is 0 Å². The SMILES string of the molecule is COc1ccc(CNC(=S)N/N=C(/C)c2ccc(N3CCOCC3)c(F)c2)cc1. The van der Waals surface area contributed by atoms with Crippen molar-refractivity contribution in [3.8, 4) is 5.75 Å². The molecule has 8 heteroatoms. The second kappa shape index (κ2) is 10.2. The first kappa shape index (κ1) is 21.0. The van der Waals surface area contributed by atoms with E-state index in [2.05, 4.69) is 15.8 Å². The number of rotatable bonds is 6. The average Bonchev–Trinajstić information content (AvgIpc) is 2.76. The number of morpholine rings is 1. The molecular formula is C21H25FN4O2S. The Morgan fingerprint density at radius 1 is 1.21 bits per heavy atom. The van der Waals surface area contributed by atoms with E-state index in [1.165, 1.54) is 6.07 Å². The maximum Gasteiger partial charge on any atom is 0.187 e. The molecule has 0 aromatic heterocycles. The number of ether oxygens (including phenoxy) is 2. The van der Waals surface area contributed by atoms with Gasteiger partial charge in [0.25, 0.3) is 0 Å². The summed E-state index contributed by atoms with van der Waals surface area (Å²) in [7, 11) is 1.63. The lowest BCUT2D eigenvalue weighted by atomic mass is 10.1. The third kappa shape index (κ3) is 5.88. The van der Waals surface area contributed by atoms with Crippen molar-refractivity contribution in [2.45, 2.75) is 13.5 Å². The zero-order chi connectivity index (χ0) is 20.6. The highest BCUT2D eigenvalue weighted by molar-refractivity contribution is 7.80. The molecule has 6 nitrogen and oxygen atoms in total. The van der Waals surface area contributed by atoms with E-state index < -0.39 is 0 Å². The first-order chi connectivity index (χ1) is 14.1. The smallest absolute Gasteiger partial charge is 0.187 e. The van der Waals surface area contributed by atoms with Crippen LogP contribution in [0.4, 0.5) is 10.1 Å². The van der Waals surface area contributed by atoms with Gasteiger partial charge in [0.05, 0.1) is 31.7 Å². The summed E-state index contributed by atoms with van der Waals surface area (Å²) in [5, 5.41) is 7.74. The molecule has 1 saturated heterocycles. The molecule has 0 aliphatic carbocycles. The summed E-state index contributed by atoms with van der Waals surface area (Å²) in [6.07, 6.45) is 0. The zero-order valence-corrected chi connectivity index (χ0v) is 17.4. The van der Waals surface area contributed by atoms with Gasteiger partial charge in [-0.2, -0.15) is 5.10 Å². The molecule has 3 rings (SSSR count). The van der Waals surface area contributed by atoms with Crippen molar-refractivity contribution in [1.29, 1.82) is 0 Å². The predicted octanol–water partition coefficient (Wildman–Crippen LogP) is 3.06. The Morgan fingerprint density at radius 2 is 1.93 bits per heavy atom. The van der Waals surface area contributed by atoms with Gasteiger partial charge >= 0.3 is 0 Å². The Hall–Kier alpha value is -2.71. The van der Waals surface area contributed by atoms with Crippen molar-refractivity contribution in [3.63, 3.8) is 0 Å². The summed E-state index contributed by atoms with van der Waals surface area (Å²) in [6.45, 7) is 4.99. The minimum absolute atomic E-state index is 0.265. The van der Waals surface area contributed by atoms with E-state index in [1.807, 2.05) is 42.2 Å². The summed E-state index contributed by atoms with van der Waals surface area (Å²) >= 11 is 5.26. The largest absolute Gasteiger partial charge is 0.497 e. The molecule has 0 bridgehead atoms. The number of hydrazone groups is 1. The molecule has 0 spiro atoms. The van der Waals surface area contributed by atoms with Crippen LogP contribution in [0.15, 0.2) is 47.6 Å². The lowest BCUT2D eigenvalue weighted by Gasteiger charge is -2.29. The van der Waals surface area contributed by atoms with Crippen molar-refractivity contribution in [2.75, 3.05) is 38.3 Å². The van der Waals surface area contributed by atoms with Crippen LogP contribution in [0.3, 0.4) is 0 Å². The third-order valence-electron chi connectivity index (χ3n) is 4.65. The summed E-state index contributed by atoms with van der Waals surface area (Å²) in [4.78, 5) is 1.99. The summed E-state index contributed by atoms with van der Waals surface area (Å²) in [6, 6.07) is 12.9. The van der Waals surface area contributed by atoms with Gasteiger partial charge in [-0.05, 0) is 49.0 Å². The summed E-state index contributed by atoms with van der Waals surface area (Å²) in [5.41, 5.74) is 5.81. The Bertz CT molecular complexity index is 867. The molecular weight excluding hydrogens is 391 g/mol. The van der Waals surface area contributed by atoms with Crippen LogP contribution in [-0.4, -0.2) is 44.2 Å². The fourth-order valence-electron chi connectivity index (χ4n) is 2.96. The summed E-state index contributed by atoms with van der Waals surface area (Å²) in [5.74, 6) is 0.542. The van der Waals surface area contributed by atoms with Gasteiger partial charge in [0.15, 0.2) is 5.11 Å². The highest BCUT2D eigenvalue weighted by Crippen LogP contribution is 2.22. The van der Waals surface area contributed by atoms with Gasteiger partial charge in [0, 0.05) is 25.2 Å². The van der Waals surface area contributed by atoms with Crippen LogP contribution in [0, 0.1) is 5.82 Å². The normalized spacial score (nSPS) is 14.4. The average molecular weight is 417 g/mol. The molecule has 0 radical (unpaired) electrons. The molecule has 2 aromatic carbocycles. The van der Waals surface area contributed by atoms with Gasteiger partial charge in [-0.25, -0.2) is 4.39 Å². The number of benzene rings is 2. The topological polar surface area (TPSA) is 58.1 Å². The van der Waals surface area contributed by atoms with Crippen molar-refractivity contribution >= 4 is 28.7 Å². The van der Waals surface area contributed by atoms with E-state index in [4.69, 9.17) is 21.7 Å². The molecule has 0 atom stereocenters. The lowest BCUT2D eigenvalue weighted by Crippen LogP contribution is -2.36. The quantitative estimate of drug-likeness (QED) is 0.429. The lowest BCUT2D eigenvalue weighted by molar-refractivity contribution is 0.122. The second-order valence-corrected chi connectivity index (χ2v) is 7.01. The number of nitrogens with zero attached hydrogens (tertiary/aromatic N) is 2. The molecule has 2 N–H and O–H groups in total. The summed E-state index contributed by atoms with van der Waals surface area (Å²) < 4.78 is 25.0. The minimum atomic E-state index is -0.265. The van der Waals surface area contributed by atoms with Gasteiger partial charge in [-0.15, -0.1) is 0 Å². The van der Waals surface area contributed by atoms with Crippen LogP contribution in [0.5, 0.6) is 5.75 Å². The molecule has 0 amide bonds. The maximum atomic E-state index is 14.6. The van der Waals surface area contributed by atoms with Crippen LogP contribution in [0.25, 0.3) is 0 Å². The Balaban J connectivity index is 1.54. The third-order valence-corrected chi connectivity index (χ3v) is 4.89. The van der Waals surface area contributed by atoms with Crippen LogP contribution in [0.2, 0.25) is 0 Å². The number of nitrogens with one attached hydrogen (secondary N) is 2. The molecule has 2 aromatic rings. The second-order valence-electron chi connectivity index (χ2n) is 6.61. The minimum Gasteiger partial charge on any atom is -0.497 e. The van der Waals surface area contributed by atoms with E-state index in [0.29, 0.717) is 54.9 Å². The van der Waals surface area contributed by atoms with Crippen LogP contribution in [0.1, 0.15) is 18.1 Å². The molecule has 0 saturated carbocycles. The Kier molecular flexibility index (Phi) is 7.37. The van der Waals surface area contributed by atoms with Gasteiger partial charge in [0.1, 0.15) is 11.6 Å². The van der Waals surface area contributed by atoms with Crippen LogP contribution >= 0.6 is 12.2 Å². The molecule has 1 aliphatic heterocycles. The van der Waals surface area contributed by atoms with Crippen LogP contribution < -0.4 is 20.4 Å². The van der Waals surface area contributed by atoms with E-state index in [1.54, 1.807) is 13.2 Å². The number of halogens is 1. The first-order valence-corrected chi connectivity index (χ1v) is 9.81. The highest BCUT2D eigenvalue weighted by atomic mass is 32.1. The van der Waals surface area contributed by atoms with Crippen molar-refractivity contribution in [3.05, 3.63) is 59.4 Å². The van der Waals surface area contributed by atoms with Crippen LogP contribution in [-0.2, 0) is 11.3 Å². The van der Waals surface area contributed by atoms with E-state index in [0.717, 1.165) is 11.3 Å². The standard InChI is InChI=1S/C21H25FN4O2S/c1-15(17-5-8-20(19(22)13-17)26-9-11-28-12-10-26)24-25-21(29)23-14-16-3-6-18(27-2)7-4-16/h3-8,13H,9-12,14H2,1-2H3,(H2,23,25,29)/b24-15-. The molecule has 29 heavy (non-hydrogen) atoms. The molecule has 1 heterocycles. The molecule has 0 unspecified atom stereocenters. The number of thiocarbonyl (C=S) groups is 1. The van der Waals surface area contributed by atoms with E-state index in [-0.39, 0.29) is 5.82 Å². The predicted molar refractivity (Wildman–Crippen MR) is 117 cm³/mol. The highest BCUT2D eigenvalue weighted by Gasteiger charge is 2.15. The molecule has 154 valence electrons. The first-order valence-electron chi connectivity index (χ1n) is 9.40. The van der Waals surface area contributed by atoms with Gasteiger partial charge in [-0.3, -0.25) is 5.43 Å². The van der Waals surface area contributed by atoms with Gasteiger partial charge < -0.3 is 19.7 Å². The van der Waals surface area contributed by atoms with Crippen molar-refractivity contribution in [1.82, 2.24) is 10.7 Å².